The van der Waals surface area contributed by atoms with Crippen molar-refractivity contribution in [2.75, 3.05) is 12.3 Å². The molecule has 0 spiro atoms. The van der Waals surface area contributed by atoms with Gasteiger partial charge in [-0.15, -0.1) is 0 Å². The molecule has 1 aliphatic carbocycles. The lowest BCUT2D eigenvalue weighted by Crippen LogP contribution is -2.13. The molecule has 0 heterocycles. The summed E-state index contributed by atoms with van der Waals surface area (Å²) >= 11 is 0. The number of aliphatic hydroxyl groups excluding tert-OH is 1. The van der Waals surface area contributed by atoms with Crippen molar-refractivity contribution in [3.63, 3.8) is 0 Å². The van der Waals surface area contributed by atoms with Crippen LogP contribution in [0.5, 0.6) is 0 Å². The third-order valence-corrected chi connectivity index (χ3v) is 2.83. The minimum Gasteiger partial charge on any atom is -0.399 e. The fourth-order valence-electron chi connectivity index (χ4n) is 2.11. The number of hydrogen-bond acceptors (Lipinski definition) is 2. The molecular weight excluding hydrogens is 162 g/mol. The van der Waals surface area contributed by atoms with Crippen LogP contribution in [0.25, 0.3) is 0 Å². The van der Waals surface area contributed by atoms with Gasteiger partial charge >= 0.3 is 0 Å². The molecule has 2 nitrogen and oxygen atoms in total. The van der Waals surface area contributed by atoms with Crippen LogP contribution >= 0.6 is 0 Å². The number of nitrogens with two attached hydrogens (primary N) is 1. The van der Waals surface area contributed by atoms with E-state index in [-0.39, 0.29) is 6.61 Å². The lowest BCUT2D eigenvalue weighted by molar-refractivity contribution is 0.253. The molecule has 0 saturated carbocycles. The number of fused-ring (bicyclic) bond motifs is 1. The largest absolute Gasteiger partial charge is 0.399 e. The van der Waals surface area contributed by atoms with Crippen LogP contribution in [-0.4, -0.2) is 11.7 Å². The summed E-state index contributed by atoms with van der Waals surface area (Å²) in [6.45, 7) is 0.246. The van der Waals surface area contributed by atoms with Crippen LogP contribution in [0, 0.1) is 0 Å². The summed E-state index contributed by atoms with van der Waals surface area (Å²) in [6, 6.07) is 6.04. The average molecular weight is 177 g/mol. The lowest BCUT2D eigenvalue weighted by Gasteiger charge is -2.23. The molecule has 1 aromatic carbocycles. The topological polar surface area (TPSA) is 46.2 Å². The Hall–Kier alpha value is -1.02. The van der Waals surface area contributed by atoms with E-state index < -0.39 is 0 Å². The Labute approximate surface area is 78.4 Å². The third-order valence-electron chi connectivity index (χ3n) is 2.83. The molecule has 0 aromatic heterocycles. The highest BCUT2D eigenvalue weighted by Crippen LogP contribution is 2.32. The first kappa shape index (κ1) is 8.57. The van der Waals surface area contributed by atoms with Crippen molar-refractivity contribution >= 4 is 5.69 Å². The summed E-state index contributed by atoms with van der Waals surface area (Å²) in [5, 5.41) is 9.19. The van der Waals surface area contributed by atoms with E-state index in [4.69, 9.17) is 5.73 Å². The van der Waals surface area contributed by atoms with Crippen LogP contribution in [0.3, 0.4) is 0 Å². The lowest BCUT2D eigenvalue weighted by atomic mass is 9.83. The summed E-state index contributed by atoms with van der Waals surface area (Å²) in [6.07, 6.45) is 3.40. The van der Waals surface area contributed by atoms with Crippen molar-refractivity contribution in [1.29, 1.82) is 0 Å². The van der Waals surface area contributed by atoms with Crippen molar-refractivity contribution in [2.24, 2.45) is 0 Å². The summed E-state index contributed by atoms with van der Waals surface area (Å²) in [5.41, 5.74) is 9.14. The zero-order valence-electron chi connectivity index (χ0n) is 7.66. The molecule has 70 valence electrons. The minimum absolute atomic E-state index is 0.246. The summed E-state index contributed by atoms with van der Waals surface area (Å²) < 4.78 is 0. The highest BCUT2D eigenvalue weighted by atomic mass is 16.3. The number of aliphatic hydroxyl groups is 1. The van der Waals surface area contributed by atoms with Gasteiger partial charge in [-0.25, -0.2) is 0 Å². The first-order valence-corrected chi connectivity index (χ1v) is 4.80. The Balaban J connectivity index is 2.41. The Morgan fingerprint density at radius 2 is 2.31 bits per heavy atom. The second kappa shape index (κ2) is 3.38. The van der Waals surface area contributed by atoms with Gasteiger partial charge in [-0.05, 0) is 42.5 Å². The Morgan fingerprint density at radius 1 is 1.46 bits per heavy atom. The van der Waals surface area contributed by atoms with Gasteiger partial charge in [0.2, 0.25) is 0 Å². The number of nitrogen functional groups attached to an aromatic ring is 1. The van der Waals surface area contributed by atoms with Gasteiger partial charge in [0, 0.05) is 18.2 Å². The molecule has 1 atom stereocenters. The SMILES string of the molecule is Nc1ccc2c(c1)C(CO)CCC2. The first-order chi connectivity index (χ1) is 6.31. The van der Waals surface area contributed by atoms with Crippen molar-refractivity contribution in [3.05, 3.63) is 29.3 Å². The van der Waals surface area contributed by atoms with Crippen molar-refractivity contribution in [3.8, 4) is 0 Å². The molecule has 0 amide bonds. The highest BCUT2D eigenvalue weighted by molar-refractivity contribution is 5.47. The standard InChI is InChI=1S/C11H15NO/c12-10-5-4-8-2-1-3-9(7-13)11(8)6-10/h4-6,9,13H,1-3,7,12H2. The monoisotopic (exact) mass is 177 g/mol. The molecule has 0 bridgehead atoms. The summed E-state index contributed by atoms with van der Waals surface area (Å²) in [7, 11) is 0. The van der Waals surface area contributed by atoms with Gasteiger partial charge in [0.1, 0.15) is 0 Å². The average Bonchev–Trinajstić information content (AvgIpc) is 2.17. The number of anilines is 1. The second-order valence-corrected chi connectivity index (χ2v) is 3.73. The van der Waals surface area contributed by atoms with E-state index in [2.05, 4.69) is 6.07 Å². The molecular formula is C11H15NO. The van der Waals surface area contributed by atoms with Crippen LogP contribution in [0.15, 0.2) is 18.2 Å². The fourth-order valence-corrected chi connectivity index (χ4v) is 2.11. The minimum atomic E-state index is 0.246. The van der Waals surface area contributed by atoms with E-state index in [1.54, 1.807) is 0 Å². The molecule has 1 aromatic rings. The number of rotatable bonds is 1. The molecule has 0 radical (unpaired) electrons. The number of aryl methyl sites for hydroxylation is 1. The van der Waals surface area contributed by atoms with Gasteiger partial charge in [-0.3, -0.25) is 0 Å². The summed E-state index contributed by atoms with van der Waals surface area (Å²) in [5.74, 6) is 0.312. The van der Waals surface area contributed by atoms with E-state index in [0.29, 0.717) is 5.92 Å². The molecule has 0 aliphatic heterocycles. The zero-order valence-corrected chi connectivity index (χ0v) is 7.66. The fraction of sp³-hybridized carbons (Fsp3) is 0.455. The van der Waals surface area contributed by atoms with E-state index in [1.165, 1.54) is 17.5 Å². The number of benzene rings is 1. The van der Waals surface area contributed by atoms with Crippen LogP contribution in [0.4, 0.5) is 5.69 Å². The van der Waals surface area contributed by atoms with Crippen LogP contribution in [-0.2, 0) is 6.42 Å². The quantitative estimate of drug-likeness (QED) is 0.641. The van der Waals surface area contributed by atoms with Crippen LogP contribution in [0.2, 0.25) is 0 Å². The van der Waals surface area contributed by atoms with Crippen molar-refractivity contribution in [1.82, 2.24) is 0 Å². The molecule has 0 fully saturated rings. The maximum atomic E-state index is 9.19. The molecule has 1 aliphatic rings. The highest BCUT2D eigenvalue weighted by Gasteiger charge is 2.18. The predicted octanol–water partition coefficient (Wildman–Crippen LogP) is 1.68. The Kier molecular flexibility index (Phi) is 2.23. The Morgan fingerprint density at radius 3 is 3.08 bits per heavy atom. The predicted molar refractivity (Wildman–Crippen MR) is 53.6 cm³/mol. The summed E-state index contributed by atoms with van der Waals surface area (Å²) in [4.78, 5) is 0. The maximum Gasteiger partial charge on any atom is 0.0499 e. The van der Waals surface area contributed by atoms with Crippen molar-refractivity contribution in [2.45, 2.75) is 25.2 Å². The van der Waals surface area contributed by atoms with Crippen LogP contribution in [0.1, 0.15) is 29.9 Å². The van der Waals surface area contributed by atoms with Crippen LogP contribution < -0.4 is 5.73 Å². The molecule has 2 heteroatoms. The second-order valence-electron chi connectivity index (χ2n) is 3.73. The van der Waals surface area contributed by atoms with Gasteiger partial charge in [-0.1, -0.05) is 6.07 Å². The van der Waals surface area contributed by atoms with Gasteiger partial charge < -0.3 is 10.8 Å². The molecule has 0 saturated heterocycles. The third kappa shape index (κ3) is 1.54. The van der Waals surface area contributed by atoms with Gasteiger partial charge in [0.25, 0.3) is 0 Å². The molecule has 1 unspecified atom stereocenters. The van der Waals surface area contributed by atoms with E-state index >= 15 is 0 Å². The van der Waals surface area contributed by atoms with Gasteiger partial charge in [0.15, 0.2) is 0 Å². The first-order valence-electron chi connectivity index (χ1n) is 4.80. The zero-order chi connectivity index (χ0) is 9.26. The maximum absolute atomic E-state index is 9.19. The van der Waals surface area contributed by atoms with E-state index in [9.17, 15) is 5.11 Å². The normalized spacial score (nSPS) is 21.2. The van der Waals surface area contributed by atoms with Crippen molar-refractivity contribution < 1.29 is 5.11 Å². The van der Waals surface area contributed by atoms with Gasteiger partial charge in [0.05, 0.1) is 0 Å². The van der Waals surface area contributed by atoms with Gasteiger partial charge in [-0.2, -0.15) is 0 Å². The van der Waals surface area contributed by atoms with E-state index in [0.717, 1.165) is 18.5 Å². The molecule has 2 rings (SSSR count). The van der Waals surface area contributed by atoms with E-state index in [1.807, 2.05) is 12.1 Å². The number of hydrogen-bond donors (Lipinski definition) is 2. The smallest absolute Gasteiger partial charge is 0.0499 e. The molecule has 3 N–H and O–H groups in total. The Bertz CT molecular complexity index is 309. The molecule has 13 heavy (non-hydrogen) atoms.